The lowest BCUT2D eigenvalue weighted by Crippen LogP contribution is -2.29. The Balaban J connectivity index is 1.92. The number of nitrogens with zero attached hydrogens (tertiary/aromatic N) is 2. The second-order valence-electron chi connectivity index (χ2n) is 6.61. The molecule has 1 heterocycles. The Morgan fingerprint density at radius 1 is 1.11 bits per heavy atom. The Morgan fingerprint density at radius 2 is 1.78 bits per heavy atom. The first-order chi connectivity index (χ1) is 12.9. The van der Waals surface area contributed by atoms with Crippen molar-refractivity contribution in [2.75, 3.05) is 27.2 Å². The molecule has 0 radical (unpaired) electrons. The summed E-state index contributed by atoms with van der Waals surface area (Å²) in [6, 6.07) is 14.0. The van der Waals surface area contributed by atoms with Gasteiger partial charge in [0.2, 0.25) is 10.0 Å². The molecule has 0 saturated carbocycles. The van der Waals surface area contributed by atoms with Gasteiger partial charge < -0.3 is 9.64 Å². The van der Waals surface area contributed by atoms with E-state index in [1.165, 1.54) is 24.5 Å². The maximum absolute atomic E-state index is 13.1. The summed E-state index contributed by atoms with van der Waals surface area (Å²) in [6.45, 7) is 1.65. The van der Waals surface area contributed by atoms with Crippen molar-refractivity contribution in [1.82, 2.24) is 9.21 Å². The first-order valence-electron chi connectivity index (χ1n) is 8.91. The molecule has 0 spiro atoms. The number of hydrogen-bond acceptors (Lipinski definition) is 4. The average molecular weight is 388 g/mol. The molecule has 1 fully saturated rings. The molecule has 0 atom stereocenters. The number of hydrogen-bond donors (Lipinski definition) is 0. The van der Waals surface area contributed by atoms with Crippen LogP contribution in [0.25, 0.3) is 0 Å². The zero-order valence-electron chi connectivity index (χ0n) is 15.6. The van der Waals surface area contributed by atoms with E-state index in [1.54, 1.807) is 17.0 Å². The van der Waals surface area contributed by atoms with Gasteiger partial charge in [-0.1, -0.05) is 30.3 Å². The Hall–Kier alpha value is -2.38. The van der Waals surface area contributed by atoms with Crippen molar-refractivity contribution in [2.24, 2.45) is 0 Å². The smallest absolute Gasteiger partial charge is 0.253 e. The summed E-state index contributed by atoms with van der Waals surface area (Å²) in [7, 11) is -0.873. The number of rotatable bonds is 6. The van der Waals surface area contributed by atoms with Gasteiger partial charge in [-0.3, -0.25) is 4.79 Å². The van der Waals surface area contributed by atoms with E-state index in [2.05, 4.69) is 0 Å². The van der Waals surface area contributed by atoms with Crippen LogP contribution < -0.4 is 4.74 Å². The van der Waals surface area contributed by atoms with Gasteiger partial charge in [-0.2, -0.15) is 4.31 Å². The molecular formula is C20H24N2O4S. The SMILES string of the molecule is COc1ccc(C(=O)N2CCCC2)cc1S(=O)(=O)N(C)Cc1ccccc1. The summed E-state index contributed by atoms with van der Waals surface area (Å²) >= 11 is 0. The van der Waals surface area contributed by atoms with Gasteiger partial charge >= 0.3 is 0 Å². The highest BCUT2D eigenvalue weighted by atomic mass is 32.2. The number of sulfonamides is 1. The van der Waals surface area contributed by atoms with Crippen molar-refractivity contribution in [2.45, 2.75) is 24.3 Å². The maximum atomic E-state index is 13.1. The van der Waals surface area contributed by atoms with Gasteiger partial charge in [0.15, 0.2) is 0 Å². The maximum Gasteiger partial charge on any atom is 0.253 e. The number of likely N-dealkylation sites (tertiary alicyclic amines) is 1. The normalized spacial score (nSPS) is 14.6. The van der Waals surface area contributed by atoms with Crippen LogP contribution in [-0.4, -0.2) is 50.8 Å². The van der Waals surface area contributed by atoms with Gasteiger partial charge in [0.05, 0.1) is 7.11 Å². The average Bonchev–Trinajstić information content (AvgIpc) is 3.22. The van der Waals surface area contributed by atoms with Crippen LogP contribution in [0.4, 0.5) is 0 Å². The highest BCUT2D eigenvalue weighted by molar-refractivity contribution is 7.89. The molecule has 6 nitrogen and oxygen atoms in total. The highest BCUT2D eigenvalue weighted by Crippen LogP contribution is 2.29. The molecule has 0 N–H and O–H groups in total. The van der Waals surface area contributed by atoms with E-state index in [0.29, 0.717) is 18.7 Å². The zero-order chi connectivity index (χ0) is 19.4. The van der Waals surface area contributed by atoms with Gasteiger partial charge in [-0.05, 0) is 36.6 Å². The van der Waals surface area contributed by atoms with Crippen molar-refractivity contribution >= 4 is 15.9 Å². The minimum Gasteiger partial charge on any atom is -0.495 e. The minimum absolute atomic E-state index is 0.00785. The third-order valence-electron chi connectivity index (χ3n) is 4.74. The zero-order valence-corrected chi connectivity index (χ0v) is 16.4. The van der Waals surface area contributed by atoms with Crippen LogP contribution in [-0.2, 0) is 16.6 Å². The minimum atomic E-state index is -3.82. The van der Waals surface area contributed by atoms with E-state index < -0.39 is 10.0 Å². The Kier molecular flexibility index (Phi) is 5.82. The summed E-state index contributed by atoms with van der Waals surface area (Å²) < 4.78 is 32.8. The quantitative estimate of drug-likeness (QED) is 0.763. The molecule has 1 aliphatic rings. The van der Waals surface area contributed by atoms with Crippen LogP contribution in [0.1, 0.15) is 28.8 Å². The molecular weight excluding hydrogens is 364 g/mol. The summed E-state index contributed by atoms with van der Waals surface area (Å²) in [4.78, 5) is 14.4. The number of carbonyl (C=O) groups excluding carboxylic acids is 1. The molecule has 3 rings (SSSR count). The summed E-state index contributed by atoms with van der Waals surface area (Å²) in [5.41, 5.74) is 1.25. The predicted molar refractivity (Wildman–Crippen MR) is 103 cm³/mol. The van der Waals surface area contributed by atoms with Gasteiger partial charge in [-0.15, -0.1) is 0 Å². The molecule has 1 amide bonds. The van der Waals surface area contributed by atoms with Crippen molar-refractivity contribution in [3.63, 3.8) is 0 Å². The second-order valence-corrected chi connectivity index (χ2v) is 8.62. The van der Waals surface area contributed by atoms with Crippen LogP contribution in [0, 0.1) is 0 Å². The van der Waals surface area contributed by atoms with Crippen LogP contribution in [0.15, 0.2) is 53.4 Å². The lowest BCUT2D eigenvalue weighted by molar-refractivity contribution is 0.0792. The number of methoxy groups -OCH3 is 1. The fourth-order valence-corrected chi connectivity index (χ4v) is 4.54. The molecule has 27 heavy (non-hydrogen) atoms. The van der Waals surface area contributed by atoms with Crippen molar-refractivity contribution < 1.29 is 17.9 Å². The molecule has 144 valence electrons. The first kappa shape index (κ1) is 19.4. The fraction of sp³-hybridized carbons (Fsp3) is 0.350. The molecule has 1 saturated heterocycles. The van der Waals surface area contributed by atoms with Crippen LogP contribution >= 0.6 is 0 Å². The van der Waals surface area contributed by atoms with E-state index in [4.69, 9.17) is 4.74 Å². The Bertz CT molecular complexity index is 907. The number of ether oxygens (including phenoxy) is 1. The largest absolute Gasteiger partial charge is 0.495 e. The third kappa shape index (κ3) is 4.14. The standard InChI is InChI=1S/C20H24N2O4S/c1-21(15-16-8-4-3-5-9-16)27(24,25)19-14-17(10-11-18(19)26-2)20(23)22-12-6-7-13-22/h3-5,8-11,14H,6-7,12-13,15H2,1-2H3. The third-order valence-corrected chi connectivity index (χ3v) is 6.56. The van der Waals surface area contributed by atoms with Crippen LogP contribution in [0.2, 0.25) is 0 Å². The molecule has 0 aromatic heterocycles. The molecule has 1 aliphatic heterocycles. The van der Waals surface area contributed by atoms with Crippen LogP contribution in [0.3, 0.4) is 0 Å². The summed E-state index contributed by atoms with van der Waals surface area (Å²) in [6.07, 6.45) is 1.96. The number of benzene rings is 2. The van der Waals surface area contributed by atoms with E-state index >= 15 is 0 Å². The van der Waals surface area contributed by atoms with Crippen LogP contribution in [0.5, 0.6) is 5.75 Å². The number of carbonyl (C=O) groups is 1. The predicted octanol–water partition coefficient (Wildman–Crippen LogP) is 2.75. The summed E-state index contributed by atoms with van der Waals surface area (Å²) in [5, 5.41) is 0. The van der Waals surface area contributed by atoms with Crippen molar-refractivity contribution in [3.8, 4) is 5.75 Å². The lowest BCUT2D eigenvalue weighted by atomic mass is 10.2. The van der Waals surface area contributed by atoms with E-state index in [9.17, 15) is 13.2 Å². The molecule has 0 aliphatic carbocycles. The summed E-state index contributed by atoms with van der Waals surface area (Å²) in [5.74, 6) is 0.0881. The monoisotopic (exact) mass is 388 g/mol. The van der Waals surface area contributed by atoms with E-state index in [1.807, 2.05) is 30.3 Å². The topological polar surface area (TPSA) is 66.9 Å². The fourth-order valence-electron chi connectivity index (χ4n) is 3.21. The van der Waals surface area contributed by atoms with Gasteiger partial charge in [-0.25, -0.2) is 8.42 Å². The molecule has 7 heteroatoms. The molecule has 2 aromatic rings. The molecule has 2 aromatic carbocycles. The highest BCUT2D eigenvalue weighted by Gasteiger charge is 2.28. The second kappa shape index (κ2) is 8.10. The Morgan fingerprint density at radius 3 is 2.41 bits per heavy atom. The molecule has 0 unspecified atom stereocenters. The van der Waals surface area contributed by atoms with Gasteiger partial charge in [0, 0.05) is 32.2 Å². The van der Waals surface area contributed by atoms with E-state index in [-0.39, 0.29) is 23.1 Å². The van der Waals surface area contributed by atoms with Gasteiger partial charge in [0.25, 0.3) is 5.91 Å². The Labute approximate surface area is 160 Å². The first-order valence-corrected chi connectivity index (χ1v) is 10.3. The number of amides is 1. The van der Waals surface area contributed by atoms with Crippen molar-refractivity contribution in [1.29, 1.82) is 0 Å². The lowest BCUT2D eigenvalue weighted by Gasteiger charge is -2.20. The van der Waals surface area contributed by atoms with Crippen molar-refractivity contribution in [3.05, 3.63) is 59.7 Å². The van der Waals surface area contributed by atoms with Gasteiger partial charge in [0.1, 0.15) is 10.6 Å². The van der Waals surface area contributed by atoms with E-state index in [0.717, 1.165) is 18.4 Å². The molecule has 0 bridgehead atoms.